The SMILES string of the molecule is Cc1cccc(N2CCC(CNS(=O)(=O)CCc3ccccc3)C2)c1. The normalized spacial score (nSPS) is 17.8. The first-order valence-corrected chi connectivity index (χ1v) is 10.5. The highest BCUT2D eigenvalue weighted by molar-refractivity contribution is 7.89. The zero-order valence-corrected chi connectivity index (χ0v) is 15.5. The minimum Gasteiger partial charge on any atom is -0.371 e. The van der Waals surface area contributed by atoms with E-state index in [0.717, 1.165) is 25.1 Å². The standard InChI is InChI=1S/C20H26N2O2S/c1-17-6-5-9-20(14-17)22-12-10-19(16-22)15-21-25(23,24)13-11-18-7-3-2-4-8-18/h2-9,14,19,21H,10-13,15-16H2,1H3. The van der Waals surface area contributed by atoms with Crippen LogP contribution >= 0.6 is 0 Å². The molecule has 2 aromatic carbocycles. The first-order valence-electron chi connectivity index (χ1n) is 8.85. The van der Waals surface area contributed by atoms with Gasteiger partial charge in [0.1, 0.15) is 0 Å². The molecule has 1 aliphatic rings. The number of nitrogens with one attached hydrogen (secondary N) is 1. The third-order valence-corrected chi connectivity index (χ3v) is 6.09. The fraction of sp³-hybridized carbons (Fsp3) is 0.400. The second-order valence-corrected chi connectivity index (χ2v) is 8.77. The Bertz CT molecular complexity index is 790. The van der Waals surface area contributed by atoms with Gasteiger partial charge in [0.25, 0.3) is 0 Å². The lowest BCUT2D eigenvalue weighted by Crippen LogP contribution is -2.33. The van der Waals surface area contributed by atoms with Crippen LogP contribution in [0.5, 0.6) is 0 Å². The van der Waals surface area contributed by atoms with Crippen molar-refractivity contribution in [3.8, 4) is 0 Å². The van der Waals surface area contributed by atoms with Crippen LogP contribution in [0.25, 0.3) is 0 Å². The fourth-order valence-electron chi connectivity index (χ4n) is 3.27. The molecule has 0 aromatic heterocycles. The maximum atomic E-state index is 12.2. The highest BCUT2D eigenvalue weighted by Crippen LogP contribution is 2.24. The topological polar surface area (TPSA) is 49.4 Å². The molecule has 0 spiro atoms. The van der Waals surface area contributed by atoms with E-state index in [-0.39, 0.29) is 5.75 Å². The summed E-state index contributed by atoms with van der Waals surface area (Å²) >= 11 is 0. The number of benzene rings is 2. The van der Waals surface area contributed by atoms with Crippen LogP contribution in [0.4, 0.5) is 5.69 Å². The van der Waals surface area contributed by atoms with Crippen molar-refractivity contribution in [2.24, 2.45) is 5.92 Å². The summed E-state index contributed by atoms with van der Waals surface area (Å²) in [6, 6.07) is 18.2. The van der Waals surface area contributed by atoms with E-state index in [4.69, 9.17) is 0 Å². The fourth-order valence-corrected chi connectivity index (χ4v) is 4.41. The molecule has 25 heavy (non-hydrogen) atoms. The van der Waals surface area contributed by atoms with E-state index in [0.29, 0.717) is 18.9 Å². The predicted octanol–water partition coefficient (Wildman–Crippen LogP) is 2.98. The number of hydrogen-bond donors (Lipinski definition) is 1. The van der Waals surface area contributed by atoms with Gasteiger partial charge in [-0.15, -0.1) is 0 Å². The number of aryl methyl sites for hydroxylation is 2. The Kier molecular flexibility index (Phi) is 5.76. The summed E-state index contributed by atoms with van der Waals surface area (Å²) in [4.78, 5) is 2.34. The minimum absolute atomic E-state index is 0.144. The average molecular weight is 359 g/mol. The molecule has 1 heterocycles. The lowest BCUT2D eigenvalue weighted by Gasteiger charge is -2.19. The Labute approximate surface area is 150 Å². The van der Waals surface area contributed by atoms with Crippen LogP contribution < -0.4 is 9.62 Å². The summed E-state index contributed by atoms with van der Waals surface area (Å²) < 4.78 is 27.3. The molecule has 1 atom stereocenters. The molecule has 2 aromatic rings. The molecule has 0 amide bonds. The molecule has 1 saturated heterocycles. The summed E-state index contributed by atoms with van der Waals surface area (Å²) in [6.45, 7) is 4.52. The van der Waals surface area contributed by atoms with E-state index < -0.39 is 10.0 Å². The van der Waals surface area contributed by atoms with Crippen molar-refractivity contribution in [2.45, 2.75) is 19.8 Å². The first kappa shape index (κ1) is 18.0. The number of sulfonamides is 1. The van der Waals surface area contributed by atoms with Crippen LogP contribution in [0.15, 0.2) is 54.6 Å². The van der Waals surface area contributed by atoms with Crippen LogP contribution in [0.1, 0.15) is 17.5 Å². The second-order valence-electron chi connectivity index (χ2n) is 6.84. The summed E-state index contributed by atoms with van der Waals surface area (Å²) in [5.41, 5.74) is 3.54. The van der Waals surface area contributed by atoms with Crippen molar-refractivity contribution in [1.29, 1.82) is 0 Å². The van der Waals surface area contributed by atoms with Gasteiger partial charge in [0, 0.05) is 25.3 Å². The van der Waals surface area contributed by atoms with Gasteiger partial charge in [-0.3, -0.25) is 0 Å². The lowest BCUT2D eigenvalue weighted by molar-refractivity contribution is 0.541. The third kappa shape index (κ3) is 5.31. The molecule has 1 aliphatic heterocycles. The van der Waals surface area contributed by atoms with Crippen molar-refractivity contribution >= 4 is 15.7 Å². The third-order valence-electron chi connectivity index (χ3n) is 4.75. The van der Waals surface area contributed by atoms with Crippen LogP contribution in [0.3, 0.4) is 0 Å². The molecule has 1 fully saturated rings. The molecule has 0 radical (unpaired) electrons. The molecular formula is C20H26N2O2S. The number of anilines is 1. The van der Waals surface area contributed by atoms with Crippen molar-refractivity contribution < 1.29 is 8.42 Å². The molecule has 4 nitrogen and oxygen atoms in total. The van der Waals surface area contributed by atoms with Crippen molar-refractivity contribution in [1.82, 2.24) is 4.72 Å². The molecule has 1 unspecified atom stereocenters. The first-order chi connectivity index (χ1) is 12.0. The Morgan fingerprint density at radius 3 is 2.68 bits per heavy atom. The Morgan fingerprint density at radius 2 is 1.92 bits per heavy atom. The van der Waals surface area contributed by atoms with Gasteiger partial charge in [-0.2, -0.15) is 0 Å². The highest BCUT2D eigenvalue weighted by atomic mass is 32.2. The lowest BCUT2D eigenvalue weighted by atomic mass is 10.1. The van der Waals surface area contributed by atoms with E-state index in [2.05, 4.69) is 40.8 Å². The molecule has 1 N–H and O–H groups in total. The van der Waals surface area contributed by atoms with Gasteiger partial charge in [0.15, 0.2) is 0 Å². The predicted molar refractivity (Wildman–Crippen MR) is 103 cm³/mol. The largest absolute Gasteiger partial charge is 0.371 e. The van der Waals surface area contributed by atoms with E-state index in [1.54, 1.807) is 0 Å². The molecule has 0 saturated carbocycles. The molecule has 0 aliphatic carbocycles. The number of nitrogens with zero attached hydrogens (tertiary/aromatic N) is 1. The summed E-state index contributed by atoms with van der Waals surface area (Å²) in [5.74, 6) is 0.512. The van der Waals surface area contributed by atoms with E-state index in [1.165, 1.54) is 11.3 Å². The van der Waals surface area contributed by atoms with E-state index >= 15 is 0 Å². The molecular weight excluding hydrogens is 332 g/mol. The van der Waals surface area contributed by atoms with Gasteiger partial charge in [-0.25, -0.2) is 13.1 Å². The minimum atomic E-state index is -3.22. The molecule has 0 bridgehead atoms. The van der Waals surface area contributed by atoms with Crippen molar-refractivity contribution in [3.05, 3.63) is 65.7 Å². The number of rotatable bonds is 7. The van der Waals surface area contributed by atoms with Crippen molar-refractivity contribution in [3.63, 3.8) is 0 Å². The second kappa shape index (κ2) is 8.02. The van der Waals surface area contributed by atoms with Crippen LogP contribution in [-0.4, -0.2) is 33.8 Å². The van der Waals surface area contributed by atoms with Crippen LogP contribution in [0.2, 0.25) is 0 Å². The maximum absolute atomic E-state index is 12.2. The van der Waals surface area contributed by atoms with Gasteiger partial charge in [0.05, 0.1) is 5.75 Å². The van der Waals surface area contributed by atoms with Gasteiger partial charge in [0.2, 0.25) is 10.0 Å². The smallest absolute Gasteiger partial charge is 0.211 e. The Morgan fingerprint density at radius 1 is 1.12 bits per heavy atom. The zero-order valence-electron chi connectivity index (χ0n) is 14.7. The van der Waals surface area contributed by atoms with E-state index in [9.17, 15) is 8.42 Å². The summed E-state index contributed by atoms with van der Waals surface area (Å²) in [6.07, 6.45) is 1.57. The molecule has 5 heteroatoms. The maximum Gasteiger partial charge on any atom is 0.211 e. The molecule has 134 valence electrons. The van der Waals surface area contributed by atoms with Crippen molar-refractivity contribution in [2.75, 3.05) is 30.3 Å². The van der Waals surface area contributed by atoms with Crippen LogP contribution in [0, 0.1) is 12.8 Å². The average Bonchev–Trinajstić information content (AvgIpc) is 3.09. The highest BCUT2D eigenvalue weighted by Gasteiger charge is 2.24. The van der Waals surface area contributed by atoms with Gasteiger partial charge in [-0.1, -0.05) is 42.5 Å². The molecule has 3 rings (SSSR count). The Hall–Kier alpha value is -1.85. The monoisotopic (exact) mass is 358 g/mol. The number of hydrogen-bond acceptors (Lipinski definition) is 3. The summed E-state index contributed by atoms with van der Waals surface area (Å²) in [7, 11) is -3.22. The van der Waals surface area contributed by atoms with Gasteiger partial charge >= 0.3 is 0 Å². The summed E-state index contributed by atoms with van der Waals surface area (Å²) in [5, 5.41) is 0. The van der Waals surface area contributed by atoms with E-state index in [1.807, 2.05) is 30.3 Å². The van der Waals surface area contributed by atoms with Gasteiger partial charge < -0.3 is 4.90 Å². The van der Waals surface area contributed by atoms with Crippen LogP contribution in [-0.2, 0) is 16.4 Å². The quantitative estimate of drug-likeness (QED) is 0.828. The Balaban J connectivity index is 1.47. The zero-order chi connectivity index (χ0) is 17.7. The van der Waals surface area contributed by atoms with Gasteiger partial charge in [-0.05, 0) is 48.9 Å².